The Morgan fingerprint density at radius 2 is 1.89 bits per heavy atom. The van der Waals surface area contributed by atoms with E-state index in [1.54, 1.807) is 7.11 Å². The lowest BCUT2D eigenvalue weighted by molar-refractivity contribution is -0.139. The van der Waals surface area contributed by atoms with E-state index in [1.165, 1.54) is 0 Å². The number of carboxylic acid groups (broad SMARTS) is 1. The van der Waals surface area contributed by atoms with Gasteiger partial charge in [0.2, 0.25) is 5.91 Å². The van der Waals surface area contributed by atoms with Gasteiger partial charge in [-0.25, -0.2) is 0 Å². The molecule has 1 atom stereocenters. The molecule has 5 nitrogen and oxygen atoms in total. The fraction of sp³-hybridized carbons (Fsp3) is 0.846. The van der Waals surface area contributed by atoms with Crippen molar-refractivity contribution >= 4 is 11.9 Å². The molecule has 0 saturated heterocycles. The van der Waals surface area contributed by atoms with E-state index in [0.29, 0.717) is 25.7 Å². The summed E-state index contributed by atoms with van der Waals surface area (Å²) < 4.78 is 5.07. The van der Waals surface area contributed by atoms with Crippen molar-refractivity contribution in [1.29, 1.82) is 0 Å². The lowest BCUT2D eigenvalue weighted by Gasteiger charge is -2.31. The second-order valence-electron chi connectivity index (χ2n) is 4.69. The normalized spacial score (nSPS) is 13.1. The molecule has 0 saturated carbocycles. The molecule has 0 aliphatic heterocycles. The lowest BCUT2D eigenvalue weighted by Crippen LogP contribution is -2.49. The number of methoxy groups -OCH3 is 1. The van der Waals surface area contributed by atoms with Gasteiger partial charge in [-0.05, 0) is 26.2 Å². The van der Waals surface area contributed by atoms with Crippen LogP contribution in [0.3, 0.4) is 0 Å². The van der Waals surface area contributed by atoms with Gasteiger partial charge in [0, 0.05) is 19.1 Å². The maximum Gasteiger partial charge on any atom is 0.305 e. The zero-order chi connectivity index (χ0) is 14.2. The smallest absolute Gasteiger partial charge is 0.305 e. The van der Waals surface area contributed by atoms with Gasteiger partial charge in [-0.3, -0.25) is 9.59 Å². The Labute approximate surface area is 109 Å². The fourth-order valence-electron chi connectivity index (χ4n) is 1.82. The molecule has 1 amide bonds. The van der Waals surface area contributed by atoms with Crippen molar-refractivity contribution in [2.24, 2.45) is 0 Å². The second-order valence-corrected chi connectivity index (χ2v) is 4.69. The van der Waals surface area contributed by atoms with Crippen LogP contribution in [-0.4, -0.2) is 35.7 Å². The molecule has 0 heterocycles. The molecule has 18 heavy (non-hydrogen) atoms. The molecule has 0 aliphatic carbocycles. The molecule has 106 valence electrons. The number of ether oxygens (including phenoxy) is 1. The van der Waals surface area contributed by atoms with E-state index in [0.717, 1.165) is 0 Å². The number of hydrogen-bond acceptors (Lipinski definition) is 3. The summed E-state index contributed by atoms with van der Waals surface area (Å²) in [6.07, 6.45) is 2.22. The summed E-state index contributed by atoms with van der Waals surface area (Å²) in [5, 5.41) is 11.8. The third-order valence-corrected chi connectivity index (χ3v) is 3.43. The molecule has 0 aromatic heterocycles. The van der Waals surface area contributed by atoms with Gasteiger partial charge in [-0.2, -0.15) is 0 Å². The molecule has 0 bridgehead atoms. The minimum absolute atomic E-state index is 0.0351. The number of hydrogen-bond donors (Lipinski definition) is 2. The van der Waals surface area contributed by atoms with Crippen LogP contribution in [-0.2, 0) is 14.3 Å². The first kappa shape index (κ1) is 16.9. The third-order valence-electron chi connectivity index (χ3n) is 3.43. The molecule has 0 rings (SSSR count). The van der Waals surface area contributed by atoms with Gasteiger partial charge in [0.15, 0.2) is 0 Å². The van der Waals surface area contributed by atoms with E-state index >= 15 is 0 Å². The molecule has 0 fully saturated rings. The van der Waals surface area contributed by atoms with E-state index in [9.17, 15) is 9.59 Å². The summed E-state index contributed by atoms with van der Waals surface area (Å²) in [5.41, 5.74) is -0.626. The van der Waals surface area contributed by atoms with Crippen LogP contribution in [0.5, 0.6) is 0 Å². The molecule has 0 aromatic rings. The average Bonchev–Trinajstić information content (AvgIpc) is 2.34. The predicted octanol–water partition coefficient (Wildman–Crippen LogP) is 1.95. The van der Waals surface area contributed by atoms with Crippen LogP contribution in [0.25, 0.3) is 0 Å². The quantitative estimate of drug-likeness (QED) is 0.663. The Bertz CT molecular complexity index is 274. The Morgan fingerprint density at radius 3 is 2.28 bits per heavy atom. The van der Waals surface area contributed by atoms with Gasteiger partial charge >= 0.3 is 5.97 Å². The maximum atomic E-state index is 11.8. The van der Waals surface area contributed by atoms with Crippen molar-refractivity contribution < 1.29 is 19.4 Å². The highest BCUT2D eigenvalue weighted by Crippen LogP contribution is 2.20. The van der Waals surface area contributed by atoms with Crippen LogP contribution < -0.4 is 5.32 Å². The van der Waals surface area contributed by atoms with Crippen LogP contribution >= 0.6 is 0 Å². The summed E-state index contributed by atoms with van der Waals surface area (Å²) >= 11 is 0. The van der Waals surface area contributed by atoms with Crippen molar-refractivity contribution in [1.82, 2.24) is 5.32 Å². The van der Waals surface area contributed by atoms with E-state index in [2.05, 4.69) is 5.32 Å². The number of carboxylic acids is 1. The van der Waals surface area contributed by atoms with Gasteiger partial charge in [-0.1, -0.05) is 13.8 Å². The van der Waals surface area contributed by atoms with Gasteiger partial charge < -0.3 is 15.2 Å². The second kappa shape index (κ2) is 8.08. The maximum absolute atomic E-state index is 11.8. The lowest BCUT2D eigenvalue weighted by atomic mass is 9.88. The number of rotatable bonds is 9. The number of amides is 1. The minimum Gasteiger partial charge on any atom is -0.481 e. The first-order valence-electron chi connectivity index (χ1n) is 6.44. The molecule has 0 spiro atoms. The summed E-state index contributed by atoms with van der Waals surface area (Å²) in [6, 6.07) is 0. The SMILES string of the molecule is CCC(CC)(CC(=O)O)NC(=O)CCC(C)OC. The summed E-state index contributed by atoms with van der Waals surface area (Å²) in [6.45, 7) is 5.69. The molecular weight excluding hydrogens is 234 g/mol. The Morgan fingerprint density at radius 1 is 1.33 bits per heavy atom. The Balaban J connectivity index is 4.40. The standard InChI is InChI=1S/C13H25NO4/c1-5-13(6-2,9-12(16)17)14-11(15)8-7-10(3)18-4/h10H,5-9H2,1-4H3,(H,14,15)(H,16,17). The van der Waals surface area contributed by atoms with Crippen LogP contribution in [0.1, 0.15) is 52.9 Å². The minimum atomic E-state index is -0.885. The highest BCUT2D eigenvalue weighted by Gasteiger charge is 2.30. The zero-order valence-electron chi connectivity index (χ0n) is 11.8. The molecule has 0 aromatic carbocycles. The topological polar surface area (TPSA) is 75.6 Å². The summed E-state index contributed by atoms with van der Waals surface area (Å²) in [5.74, 6) is -0.992. The van der Waals surface area contributed by atoms with Crippen LogP contribution in [0.4, 0.5) is 0 Å². The largest absolute Gasteiger partial charge is 0.481 e. The van der Waals surface area contributed by atoms with E-state index in [1.807, 2.05) is 20.8 Å². The van der Waals surface area contributed by atoms with Gasteiger partial charge in [0.05, 0.1) is 12.5 Å². The van der Waals surface area contributed by atoms with Crippen molar-refractivity contribution in [3.05, 3.63) is 0 Å². The molecule has 0 aliphatic rings. The molecule has 5 heteroatoms. The fourth-order valence-corrected chi connectivity index (χ4v) is 1.82. The van der Waals surface area contributed by atoms with Crippen molar-refractivity contribution in [3.63, 3.8) is 0 Å². The number of nitrogens with one attached hydrogen (secondary N) is 1. The first-order chi connectivity index (χ1) is 8.39. The molecule has 1 unspecified atom stereocenters. The van der Waals surface area contributed by atoms with E-state index < -0.39 is 11.5 Å². The first-order valence-corrected chi connectivity index (χ1v) is 6.44. The molecular formula is C13H25NO4. The van der Waals surface area contributed by atoms with E-state index in [-0.39, 0.29) is 18.4 Å². The highest BCUT2D eigenvalue weighted by molar-refractivity contribution is 5.78. The van der Waals surface area contributed by atoms with Gasteiger partial charge in [-0.15, -0.1) is 0 Å². The predicted molar refractivity (Wildman–Crippen MR) is 69.4 cm³/mol. The number of carbonyl (C=O) groups is 2. The Hall–Kier alpha value is -1.10. The van der Waals surface area contributed by atoms with Crippen molar-refractivity contribution in [3.8, 4) is 0 Å². The van der Waals surface area contributed by atoms with Crippen LogP contribution in [0.2, 0.25) is 0 Å². The highest BCUT2D eigenvalue weighted by atomic mass is 16.5. The monoisotopic (exact) mass is 259 g/mol. The number of carbonyl (C=O) groups excluding carboxylic acids is 1. The summed E-state index contributed by atoms with van der Waals surface area (Å²) in [4.78, 5) is 22.7. The van der Waals surface area contributed by atoms with Crippen molar-refractivity contribution in [2.75, 3.05) is 7.11 Å². The zero-order valence-corrected chi connectivity index (χ0v) is 11.8. The van der Waals surface area contributed by atoms with Crippen LogP contribution in [0.15, 0.2) is 0 Å². The third kappa shape index (κ3) is 6.00. The molecule has 2 N–H and O–H groups in total. The Kier molecular flexibility index (Phi) is 7.59. The average molecular weight is 259 g/mol. The summed E-state index contributed by atoms with van der Waals surface area (Å²) in [7, 11) is 1.61. The van der Waals surface area contributed by atoms with Crippen molar-refractivity contribution in [2.45, 2.75) is 64.5 Å². The van der Waals surface area contributed by atoms with Crippen LogP contribution in [0, 0.1) is 0 Å². The number of aliphatic carboxylic acids is 1. The van der Waals surface area contributed by atoms with Gasteiger partial charge in [0.25, 0.3) is 0 Å². The molecule has 0 radical (unpaired) electrons. The van der Waals surface area contributed by atoms with Gasteiger partial charge in [0.1, 0.15) is 0 Å². The van der Waals surface area contributed by atoms with E-state index in [4.69, 9.17) is 9.84 Å².